The number of aromatic nitrogens is 3. The maximum absolute atomic E-state index is 12.4. The molecule has 0 bridgehead atoms. The lowest BCUT2D eigenvalue weighted by Crippen LogP contribution is -2.32. The molecule has 0 aliphatic carbocycles. The Morgan fingerprint density at radius 3 is 2.59 bits per heavy atom. The van der Waals surface area contributed by atoms with E-state index in [-0.39, 0.29) is 28.6 Å². The van der Waals surface area contributed by atoms with Crippen LogP contribution in [0.15, 0.2) is 46.1 Å². The van der Waals surface area contributed by atoms with Gasteiger partial charge in [-0.3, -0.25) is 4.79 Å². The highest BCUT2D eigenvalue weighted by atomic mass is 35.5. The summed E-state index contributed by atoms with van der Waals surface area (Å²) in [6.07, 6.45) is 0. The van der Waals surface area contributed by atoms with E-state index in [2.05, 4.69) is 14.8 Å². The molecule has 27 heavy (non-hydrogen) atoms. The normalized spacial score (nSPS) is 11.7. The van der Waals surface area contributed by atoms with Gasteiger partial charge in [0.15, 0.2) is 0 Å². The van der Waals surface area contributed by atoms with Crippen LogP contribution in [0.1, 0.15) is 10.7 Å². The zero-order valence-electron chi connectivity index (χ0n) is 14.6. The van der Waals surface area contributed by atoms with Crippen molar-refractivity contribution in [1.82, 2.24) is 19.5 Å². The van der Waals surface area contributed by atoms with Crippen LogP contribution in [-0.2, 0) is 16.6 Å². The monoisotopic (exact) mass is 424 g/mol. The van der Waals surface area contributed by atoms with E-state index in [9.17, 15) is 13.2 Å². The van der Waals surface area contributed by atoms with E-state index < -0.39 is 10.0 Å². The fourth-order valence-electron chi connectivity index (χ4n) is 2.53. The summed E-state index contributed by atoms with van der Waals surface area (Å²) >= 11 is 7.44. The minimum absolute atomic E-state index is 0.00326. The second-order valence-corrected chi connectivity index (χ2v) is 9.10. The van der Waals surface area contributed by atoms with Gasteiger partial charge in [0.25, 0.3) is 5.56 Å². The predicted molar refractivity (Wildman–Crippen MR) is 106 cm³/mol. The number of benzene rings is 1. The lowest BCUT2D eigenvalue weighted by Gasteiger charge is -2.09. The van der Waals surface area contributed by atoms with Crippen LogP contribution in [-0.4, -0.2) is 29.7 Å². The smallest absolute Gasteiger partial charge is 0.266 e. The van der Waals surface area contributed by atoms with Gasteiger partial charge >= 0.3 is 0 Å². The summed E-state index contributed by atoms with van der Waals surface area (Å²) in [5, 5.41) is 5.39. The molecule has 0 spiro atoms. The molecule has 1 N–H and O–H groups in total. The molecular formula is C17H17ClN4O3S2. The van der Waals surface area contributed by atoms with Gasteiger partial charge in [0.1, 0.15) is 10.6 Å². The van der Waals surface area contributed by atoms with Crippen molar-refractivity contribution in [3.63, 3.8) is 0 Å². The summed E-state index contributed by atoms with van der Waals surface area (Å²) in [7, 11) is -3.77. The Balaban J connectivity index is 1.77. The first-order valence-corrected chi connectivity index (χ1v) is 10.7. The van der Waals surface area contributed by atoms with Gasteiger partial charge in [-0.15, -0.1) is 11.3 Å². The summed E-state index contributed by atoms with van der Waals surface area (Å²) in [6.45, 7) is 3.88. The van der Waals surface area contributed by atoms with Crippen molar-refractivity contribution in [2.75, 3.05) is 6.54 Å². The second kappa shape index (κ2) is 7.89. The summed E-state index contributed by atoms with van der Waals surface area (Å²) in [6, 6.07) is 9.23. The lowest BCUT2D eigenvalue weighted by atomic mass is 10.3. The van der Waals surface area contributed by atoms with Crippen molar-refractivity contribution >= 4 is 33.0 Å². The maximum atomic E-state index is 12.4. The van der Waals surface area contributed by atoms with Gasteiger partial charge in [-0.25, -0.2) is 22.8 Å². The van der Waals surface area contributed by atoms with E-state index in [1.165, 1.54) is 34.2 Å². The summed E-state index contributed by atoms with van der Waals surface area (Å²) in [5.74, 6) is 0. The third kappa shape index (κ3) is 4.44. The third-order valence-corrected chi connectivity index (χ3v) is 6.80. The molecule has 0 saturated carbocycles. The van der Waals surface area contributed by atoms with Crippen LogP contribution in [0.4, 0.5) is 0 Å². The number of hydrogen-bond donors (Lipinski definition) is 1. The molecule has 2 heterocycles. The van der Waals surface area contributed by atoms with Crippen molar-refractivity contribution in [1.29, 1.82) is 0 Å². The summed E-state index contributed by atoms with van der Waals surface area (Å²) in [4.78, 5) is 17.3. The number of aryl methyl sites for hydroxylation is 2. The molecule has 0 aliphatic heterocycles. The van der Waals surface area contributed by atoms with Gasteiger partial charge in [0, 0.05) is 12.6 Å². The molecule has 142 valence electrons. The van der Waals surface area contributed by atoms with Crippen LogP contribution in [0, 0.1) is 13.8 Å². The highest BCUT2D eigenvalue weighted by molar-refractivity contribution is 7.89. The van der Waals surface area contributed by atoms with E-state index in [0.717, 1.165) is 15.6 Å². The molecule has 10 heteroatoms. The van der Waals surface area contributed by atoms with Crippen LogP contribution in [0.3, 0.4) is 0 Å². The number of sulfonamides is 1. The Bertz CT molecular complexity index is 1140. The first kappa shape index (κ1) is 19.7. The van der Waals surface area contributed by atoms with E-state index in [4.69, 9.17) is 11.6 Å². The van der Waals surface area contributed by atoms with Crippen molar-refractivity contribution in [3.05, 3.63) is 62.5 Å². The van der Waals surface area contributed by atoms with Gasteiger partial charge < -0.3 is 0 Å². The van der Waals surface area contributed by atoms with Crippen molar-refractivity contribution in [2.45, 2.75) is 25.3 Å². The molecule has 2 aromatic heterocycles. The van der Waals surface area contributed by atoms with Gasteiger partial charge in [0.2, 0.25) is 10.0 Å². The molecule has 1 aromatic carbocycles. The second-order valence-electron chi connectivity index (χ2n) is 5.76. The lowest BCUT2D eigenvalue weighted by molar-refractivity contribution is 0.549. The van der Waals surface area contributed by atoms with Crippen molar-refractivity contribution in [2.24, 2.45) is 0 Å². The van der Waals surface area contributed by atoms with Gasteiger partial charge in [-0.1, -0.05) is 23.7 Å². The average Bonchev–Trinajstić information content (AvgIpc) is 2.95. The zero-order chi connectivity index (χ0) is 19.6. The van der Waals surface area contributed by atoms with E-state index >= 15 is 0 Å². The Labute approximate surface area is 165 Å². The Hall–Kier alpha value is -2.07. The largest absolute Gasteiger partial charge is 0.268 e. The Morgan fingerprint density at radius 2 is 1.93 bits per heavy atom. The topological polar surface area (TPSA) is 94.0 Å². The van der Waals surface area contributed by atoms with Gasteiger partial charge in [0.05, 0.1) is 27.1 Å². The van der Waals surface area contributed by atoms with Crippen LogP contribution < -0.4 is 10.3 Å². The SMILES string of the molecule is Cc1nc(C)c(-c2ccc(=O)n(CCNS(=O)(=O)c3ccccc3Cl)n2)s1. The van der Waals surface area contributed by atoms with E-state index in [0.29, 0.717) is 5.69 Å². The van der Waals surface area contributed by atoms with Gasteiger partial charge in [-0.2, -0.15) is 5.10 Å². The predicted octanol–water partition coefficient (Wildman–Crippen LogP) is 2.62. The molecule has 0 fully saturated rings. The van der Waals surface area contributed by atoms with Crippen LogP contribution in [0.2, 0.25) is 5.02 Å². The van der Waals surface area contributed by atoms with Gasteiger partial charge in [-0.05, 0) is 32.0 Å². The summed E-state index contributed by atoms with van der Waals surface area (Å²) < 4.78 is 28.4. The highest BCUT2D eigenvalue weighted by Gasteiger charge is 2.17. The van der Waals surface area contributed by atoms with Crippen molar-refractivity contribution in [3.8, 4) is 10.6 Å². The molecule has 0 unspecified atom stereocenters. The Kier molecular flexibility index (Phi) is 5.75. The zero-order valence-corrected chi connectivity index (χ0v) is 17.0. The fraction of sp³-hybridized carbons (Fsp3) is 0.235. The van der Waals surface area contributed by atoms with Crippen LogP contribution in [0.25, 0.3) is 10.6 Å². The Morgan fingerprint density at radius 1 is 1.19 bits per heavy atom. The molecule has 3 rings (SSSR count). The highest BCUT2D eigenvalue weighted by Crippen LogP contribution is 2.27. The first-order valence-electron chi connectivity index (χ1n) is 8.05. The fourth-order valence-corrected chi connectivity index (χ4v) is 4.95. The number of rotatable bonds is 6. The van der Waals surface area contributed by atoms with Crippen LogP contribution >= 0.6 is 22.9 Å². The van der Waals surface area contributed by atoms with Crippen molar-refractivity contribution < 1.29 is 8.42 Å². The van der Waals surface area contributed by atoms with E-state index in [1.54, 1.807) is 18.2 Å². The quantitative estimate of drug-likeness (QED) is 0.656. The minimum atomic E-state index is -3.77. The number of thiazole rings is 1. The minimum Gasteiger partial charge on any atom is -0.268 e. The number of hydrogen-bond acceptors (Lipinski definition) is 6. The maximum Gasteiger partial charge on any atom is 0.266 e. The summed E-state index contributed by atoms with van der Waals surface area (Å²) in [5.41, 5.74) is 1.16. The molecule has 3 aromatic rings. The average molecular weight is 425 g/mol. The molecular weight excluding hydrogens is 408 g/mol. The standard InChI is InChI=1S/C17H17ClN4O3S2/c1-11-17(26-12(2)20-11)14-7-8-16(23)22(21-14)10-9-19-27(24,25)15-6-4-3-5-13(15)18/h3-8,19H,9-10H2,1-2H3. The number of halogens is 1. The molecule has 7 nitrogen and oxygen atoms in total. The first-order chi connectivity index (χ1) is 12.8. The molecule has 0 amide bonds. The molecule has 0 atom stereocenters. The number of nitrogens with one attached hydrogen (secondary N) is 1. The molecule has 0 aliphatic rings. The molecule has 0 radical (unpaired) electrons. The third-order valence-electron chi connectivity index (χ3n) is 3.74. The molecule has 0 saturated heterocycles. The van der Waals surface area contributed by atoms with E-state index in [1.807, 2.05) is 13.8 Å². The van der Waals surface area contributed by atoms with Crippen LogP contribution in [0.5, 0.6) is 0 Å². The number of nitrogens with zero attached hydrogens (tertiary/aromatic N) is 3.